The molecule has 0 aromatic heterocycles. The minimum Gasteiger partial charge on any atom is -0.497 e. The molecular weight excluding hydrogens is 304 g/mol. The molecule has 0 amide bonds. The molecule has 24 heavy (non-hydrogen) atoms. The third kappa shape index (κ3) is 3.58. The van der Waals surface area contributed by atoms with Crippen LogP contribution in [0.2, 0.25) is 0 Å². The van der Waals surface area contributed by atoms with E-state index >= 15 is 0 Å². The van der Waals surface area contributed by atoms with Gasteiger partial charge in [-0.1, -0.05) is 26.0 Å². The van der Waals surface area contributed by atoms with Gasteiger partial charge in [0.2, 0.25) is 0 Å². The largest absolute Gasteiger partial charge is 0.497 e. The first-order chi connectivity index (χ1) is 11.5. The summed E-state index contributed by atoms with van der Waals surface area (Å²) >= 11 is 0. The van der Waals surface area contributed by atoms with E-state index in [0.29, 0.717) is 5.92 Å². The van der Waals surface area contributed by atoms with Gasteiger partial charge in [0.25, 0.3) is 0 Å². The summed E-state index contributed by atoms with van der Waals surface area (Å²) in [5, 5.41) is 0. The van der Waals surface area contributed by atoms with E-state index in [1.807, 2.05) is 24.3 Å². The first kappa shape index (κ1) is 18.0. The van der Waals surface area contributed by atoms with Crippen LogP contribution in [-0.4, -0.2) is 28.4 Å². The zero-order valence-corrected chi connectivity index (χ0v) is 15.3. The van der Waals surface area contributed by atoms with E-state index in [-0.39, 0.29) is 5.92 Å². The third-order valence-electron chi connectivity index (χ3n) is 4.22. The summed E-state index contributed by atoms with van der Waals surface area (Å²) in [5.74, 6) is 3.66. The predicted octanol–water partition coefficient (Wildman–Crippen LogP) is 4.51. The van der Waals surface area contributed by atoms with Gasteiger partial charge < -0.3 is 18.9 Å². The van der Waals surface area contributed by atoms with Crippen LogP contribution in [0.3, 0.4) is 0 Å². The van der Waals surface area contributed by atoms with Gasteiger partial charge in [0.1, 0.15) is 23.0 Å². The van der Waals surface area contributed by atoms with Gasteiger partial charge in [-0.05, 0) is 18.1 Å². The van der Waals surface area contributed by atoms with Crippen molar-refractivity contribution in [3.63, 3.8) is 0 Å². The fraction of sp³-hybridized carbons (Fsp3) is 0.400. The molecule has 0 radical (unpaired) electrons. The summed E-state index contributed by atoms with van der Waals surface area (Å²) in [5.41, 5.74) is 2.22. The Morgan fingerprint density at radius 2 is 1.04 bits per heavy atom. The first-order valence-corrected chi connectivity index (χ1v) is 7.99. The van der Waals surface area contributed by atoms with Gasteiger partial charge in [-0.15, -0.1) is 0 Å². The highest BCUT2D eigenvalue weighted by Gasteiger charge is 2.25. The van der Waals surface area contributed by atoms with Crippen molar-refractivity contribution in [3.05, 3.63) is 47.5 Å². The second-order valence-electron chi connectivity index (χ2n) is 5.94. The van der Waals surface area contributed by atoms with Gasteiger partial charge in [-0.3, -0.25) is 0 Å². The average molecular weight is 330 g/mol. The lowest BCUT2D eigenvalue weighted by Crippen LogP contribution is -2.11. The van der Waals surface area contributed by atoms with Gasteiger partial charge >= 0.3 is 0 Å². The molecular formula is C20H26O4. The van der Waals surface area contributed by atoms with Crippen LogP contribution in [0.5, 0.6) is 23.0 Å². The van der Waals surface area contributed by atoms with E-state index in [4.69, 9.17) is 18.9 Å². The molecule has 0 heterocycles. The molecule has 2 rings (SSSR count). The number of hydrogen-bond donors (Lipinski definition) is 0. The van der Waals surface area contributed by atoms with E-state index in [2.05, 4.69) is 26.0 Å². The zero-order valence-electron chi connectivity index (χ0n) is 15.3. The Balaban J connectivity index is 2.59. The van der Waals surface area contributed by atoms with Crippen molar-refractivity contribution in [1.29, 1.82) is 0 Å². The Labute approximate surface area is 144 Å². The summed E-state index contributed by atoms with van der Waals surface area (Å²) in [4.78, 5) is 0. The SMILES string of the molecule is COc1ccc(C(c2ccc(OC)cc2OC)C(C)C)c(OC)c1. The predicted molar refractivity (Wildman–Crippen MR) is 95.8 cm³/mol. The highest BCUT2D eigenvalue weighted by atomic mass is 16.5. The maximum Gasteiger partial charge on any atom is 0.126 e. The minimum absolute atomic E-state index is 0.131. The fourth-order valence-electron chi connectivity index (χ4n) is 3.04. The summed E-state index contributed by atoms with van der Waals surface area (Å²) < 4.78 is 21.8. The standard InChI is InChI=1S/C20H26O4/c1-13(2)20(16-9-7-14(21-3)11-18(16)23-5)17-10-8-15(22-4)12-19(17)24-6/h7-13,20H,1-6H3. The number of hydrogen-bond acceptors (Lipinski definition) is 4. The molecule has 130 valence electrons. The van der Waals surface area contributed by atoms with Crippen LogP contribution in [0.25, 0.3) is 0 Å². The quantitative estimate of drug-likeness (QED) is 0.748. The summed E-state index contributed by atoms with van der Waals surface area (Å²) in [7, 11) is 6.67. The number of rotatable bonds is 7. The highest BCUT2D eigenvalue weighted by Crippen LogP contribution is 2.43. The molecule has 0 spiro atoms. The summed E-state index contributed by atoms with van der Waals surface area (Å²) in [6, 6.07) is 11.9. The smallest absolute Gasteiger partial charge is 0.126 e. The van der Waals surface area contributed by atoms with Crippen molar-refractivity contribution in [2.24, 2.45) is 5.92 Å². The molecule has 0 aliphatic carbocycles. The van der Waals surface area contributed by atoms with Crippen LogP contribution in [0, 0.1) is 5.92 Å². The van der Waals surface area contributed by atoms with Gasteiger partial charge in [0.15, 0.2) is 0 Å². The van der Waals surface area contributed by atoms with E-state index in [9.17, 15) is 0 Å². The van der Waals surface area contributed by atoms with E-state index in [1.54, 1.807) is 28.4 Å². The molecule has 0 saturated carbocycles. The van der Waals surface area contributed by atoms with Crippen molar-refractivity contribution < 1.29 is 18.9 Å². The van der Waals surface area contributed by atoms with Gasteiger partial charge in [-0.25, -0.2) is 0 Å². The summed E-state index contributed by atoms with van der Waals surface area (Å²) in [6.07, 6.45) is 0. The van der Waals surface area contributed by atoms with Crippen LogP contribution in [0.4, 0.5) is 0 Å². The fourth-order valence-corrected chi connectivity index (χ4v) is 3.04. The Morgan fingerprint density at radius 3 is 1.33 bits per heavy atom. The molecule has 0 saturated heterocycles. The number of methoxy groups -OCH3 is 4. The molecule has 4 nitrogen and oxygen atoms in total. The van der Waals surface area contributed by atoms with E-state index in [0.717, 1.165) is 34.1 Å². The van der Waals surface area contributed by atoms with Crippen LogP contribution in [-0.2, 0) is 0 Å². The monoisotopic (exact) mass is 330 g/mol. The molecule has 0 atom stereocenters. The second kappa shape index (κ2) is 7.95. The van der Waals surface area contributed by atoms with E-state index < -0.39 is 0 Å². The van der Waals surface area contributed by atoms with Crippen LogP contribution in [0.15, 0.2) is 36.4 Å². The second-order valence-corrected chi connectivity index (χ2v) is 5.94. The molecule has 0 bridgehead atoms. The van der Waals surface area contributed by atoms with Gasteiger partial charge in [0, 0.05) is 29.2 Å². The Kier molecular flexibility index (Phi) is 5.96. The van der Waals surface area contributed by atoms with Crippen LogP contribution >= 0.6 is 0 Å². The lowest BCUT2D eigenvalue weighted by Gasteiger charge is -2.26. The normalized spacial score (nSPS) is 10.8. The summed E-state index contributed by atoms with van der Waals surface area (Å²) in [6.45, 7) is 4.38. The molecule has 2 aromatic carbocycles. The molecule has 0 aliphatic rings. The average Bonchev–Trinajstić information content (AvgIpc) is 2.61. The van der Waals surface area contributed by atoms with Crippen molar-refractivity contribution >= 4 is 0 Å². The van der Waals surface area contributed by atoms with Crippen molar-refractivity contribution in [1.82, 2.24) is 0 Å². The van der Waals surface area contributed by atoms with Crippen molar-refractivity contribution in [2.45, 2.75) is 19.8 Å². The van der Waals surface area contributed by atoms with Crippen LogP contribution < -0.4 is 18.9 Å². The lowest BCUT2D eigenvalue weighted by molar-refractivity contribution is 0.377. The first-order valence-electron chi connectivity index (χ1n) is 7.99. The molecule has 4 heteroatoms. The Morgan fingerprint density at radius 1 is 0.625 bits per heavy atom. The minimum atomic E-state index is 0.131. The lowest BCUT2D eigenvalue weighted by atomic mass is 9.81. The maximum absolute atomic E-state index is 5.61. The zero-order chi connectivity index (χ0) is 17.7. The molecule has 0 aliphatic heterocycles. The van der Waals surface area contributed by atoms with E-state index in [1.165, 1.54) is 0 Å². The molecule has 0 unspecified atom stereocenters. The topological polar surface area (TPSA) is 36.9 Å². The van der Waals surface area contributed by atoms with Crippen molar-refractivity contribution in [2.75, 3.05) is 28.4 Å². The molecule has 0 fully saturated rings. The van der Waals surface area contributed by atoms with Gasteiger partial charge in [-0.2, -0.15) is 0 Å². The van der Waals surface area contributed by atoms with Gasteiger partial charge in [0.05, 0.1) is 28.4 Å². The highest BCUT2D eigenvalue weighted by molar-refractivity contribution is 5.51. The number of ether oxygens (including phenoxy) is 4. The Bertz CT molecular complexity index is 624. The molecule has 0 N–H and O–H groups in total. The third-order valence-corrected chi connectivity index (χ3v) is 4.22. The molecule has 2 aromatic rings. The number of benzene rings is 2. The Hall–Kier alpha value is -2.36. The maximum atomic E-state index is 5.61. The van der Waals surface area contributed by atoms with Crippen molar-refractivity contribution in [3.8, 4) is 23.0 Å². The van der Waals surface area contributed by atoms with Crippen LogP contribution in [0.1, 0.15) is 30.9 Å².